The van der Waals surface area contributed by atoms with Gasteiger partial charge in [-0.05, 0) is 6.92 Å². The summed E-state index contributed by atoms with van der Waals surface area (Å²) >= 11 is 0. The molecule has 2 amide bonds. The monoisotopic (exact) mass is 227 g/mol. The topological polar surface area (TPSA) is 70.7 Å². The van der Waals surface area contributed by atoms with Gasteiger partial charge in [-0.3, -0.25) is 19.8 Å². The fraction of sp³-hybridized carbons (Fsp3) is 0.800. The Labute approximate surface area is 94.3 Å². The summed E-state index contributed by atoms with van der Waals surface area (Å²) in [6, 6.07) is -0.261. The summed E-state index contributed by atoms with van der Waals surface area (Å²) < 4.78 is 5.55. The van der Waals surface area contributed by atoms with Crippen molar-refractivity contribution < 1.29 is 14.3 Å². The Morgan fingerprint density at radius 3 is 3.00 bits per heavy atom. The summed E-state index contributed by atoms with van der Waals surface area (Å²) in [6.45, 7) is 5.02. The predicted octanol–water partition coefficient (Wildman–Crippen LogP) is -1.68. The SMILES string of the molecule is CC1C(=O)NC(=O)CN1CC1CNCCO1. The van der Waals surface area contributed by atoms with Crippen molar-refractivity contribution in [2.45, 2.75) is 19.1 Å². The van der Waals surface area contributed by atoms with Gasteiger partial charge in [-0.2, -0.15) is 0 Å². The maximum Gasteiger partial charge on any atom is 0.243 e. The van der Waals surface area contributed by atoms with Crippen LogP contribution in [0.5, 0.6) is 0 Å². The molecule has 2 atom stereocenters. The normalized spacial score (nSPS) is 32.6. The molecule has 0 aromatic carbocycles. The zero-order valence-electron chi connectivity index (χ0n) is 9.36. The quantitative estimate of drug-likeness (QED) is 0.552. The number of carbonyl (C=O) groups is 2. The molecule has 6 heteroatoms. The van der Waals surface area contributed by atoms with Crippen molar-refractivity contribution >= 4 is 11.8 Å². The molecule has 2 N–H and O–H groups in total. The van der Waals surface area contributed by atoms with Crippen molar-refractivity contribution in [2.24, 2.45) is 0 Å². The van der Waals surface area contributed by atoms with Crippen molar-refractivity contribution in [3.05, 3.63) is 0 Å². The molecule has 0 aromatic heterocycles. The van der Waals surface area contributed by atoms with Crippen molar-refractivity contribution in [2.75, 3.05) is 32.8 Å². The first-order valence-electron chi connectivity index (χ1n) is 5.57. The first-order chi connectivity index (χ1) is 7.66. The van der Waals surface area contributed by atoms with E-state index in [0.717, 1.165) is 13.1 Å². The average molecular weight is 227 g/mol. The van der Waals surface area contributed by atoms with Crippen molar-refractivity contribution in [1.82, 2.24) is 15.5 Å². The third kappa shape index (κ3) is 2.58. The first kappa shape index (κ1) is 11.5. The van der Waals surface area contributed by atoms with Crippen molar-refractivity contribution in [1.29, 1.82) is 0 Å². The summed E-state index contributed by atoms with van der Waals surface area (Å²) in [6.07, 6.45) is 0.0647. The highest BCUT2D eigenvalue weighted by Crippen LogP contribution is 2.08. The third-order valence-electron chi connectivity index (χ3n) is 2.98. The second kappa shape index (κ2) is 4.90. The van der Waals surface area contributed by atoms with Crippen LogP contribution in [0.25, 0.3) is 0 Å². The van der Waals surface area contributed by atoms with Gasteiger partial charge in [0.1, 0.15) is 0 Å². The molecule has 2 unspecified atom stereocenters. The van der Waals surface area contributed by atoms with Crippen LogP contribution in [0.1, 0.15) is 6.92 Å². The molecule has 2 heterocycles. The molecule has 0 aromatic rings. The molecular weight excluding hydrogens is 210 g/mol. The molecule has 0 spiro atoms. The highest BCUT2D eigenvalue weighted by molar-refractivity contribution is 6.00. The average Bonchev–Trinajstić information content (AvgIpc) is 2.27. The van der Waals surface area contributed by atoms with Gasteiger partial charge in [-0.25, -0.2) is 0 Å². The number of hydrogen-bond acceptors (Lipinski definition) is 5. The van der Waals surface area contributed by atoms with E-state index in [1.165, 1.54) is 0 Å². The second-order valence-electron chi connectivity index (χ2n) is 4.21. The minimum absolute atomic E-state index is 0.0647. The number of rotatable bonds is 2. The van der Waals surface area contributed by atoms with Crippen LogP contribution in [0.2, 0.25) is 0 Å². The van der Waals surface area contributed by atoms with E-state index in [-0.39, 0.29) is 30.5 Å². The summed E-state index contributed by atoms with van der Waals surface area (Å²) in [7, 11) is 0. The lowest BCUT2D eigenvalue weighted by Crippen LogP contribution is -2.59. The number of ether oxygens (including phenoxy) is 1. The van der Waals surface area contributed by atoms with Crippen LogP contribution >= 0.6 is 0 Å². The summed E-state index contributed by atoms with van der Waals surface area (Å²) in [4.78, 5) is 24.5. The number of hydrogen-bond donors (Lipinski definition) is 2. The van der Waals surface area contributed by atoms with E-state index in [0.29, 0.717) is 13.2 Å². The Kier molecular flexibility index (Phi) is 3.52. The smallest absolute Gasteiger partial charge is 0.243 e. The molecule has 0 radical (unpaired) electrons. The van der Waals surface area contributed by atoms with Gasteiger partial charge in [-0.1, -0.05) is 0 Å². The number of imide groups is 1. The Morgan fingerprint density at radius 2 is 2.31 bits per heavy atom. The number of carbonyl (C=O) groups excluding carboxylic acids is 2. The van der Waals surface area contributed by atoms with Gasteiger partial charge >= 0.3 is 0 Å². The fourth-order valence-corrected chi connectivity index (χ4v) is 1.99. The molecule has 90 valence electrons. The maximum atomic E-state index is 11.4. The van der Waals surface area contributed by atoms with Crippen molar-refractivity contribution in [3.63, 3.8) is 0 Å². The molecule has 2 rings (SSSR count). The van der Waals surface area contributed by atoms with Crippen LogP contribution in [0.4, 0.5) is 0 Å². The van der Waals surface area contributed by atoms with Gasteiger partial charge in [-0.15, -0.1) is 0 Å². The van der Waals surface area contributed by atoms with Crippen LogP contribution in [-0.2, 0) is 14.3 Å². The molecule has 2 aliphatic rings. The number of amides is 2. The van der Waals surface area contributed by atoms with E-state index in [1.54, 1.807) is 6.92 Å². The lowest BCUT2D eigenvalue weighted by Gasteiger charge is -2.35. The zero-order valence-corrected chi connectivity index (χ0v) is 9.36. The molecule has 16 heavy (non-hydrogen) atoms. The molecule has 0 aliphatic carbocycles. The van der Waals surface area contributed by atoms with Crippen LogP contribution < -0.4 is 10.6 Å². The standard InChI is InChI=1S/C10H17N3O3/c1-7-10(15)12-9(14)6-13(7)5-8-4-11-2-3-16-8/h7-8,11H,2-6H2,1H3,(H,12,14,15). The van der Waals surface area contributed by atoms with Crippen LogP contribution in [0.15, 0.2) is 0 Å². The van der Waals surface area contributed by atoms with E-state index in [2.05, 4.69) is 10.6 Å². The fourth-order valence-electron chi connectivity index (χ4n) is 1.99. The number of nitrogens with one attached hydrogen (secondary N) is 2. The van der Waals surface area contributed by atoms with E-state index in [1.807, 2.05) is 4.90 Å². The second-order valence-corrected chi connectivity index (χ2v) is 4.21. The van der Waals surface area contributed by atoms with E-state index in [9.17, 15) is 9.59 Å². The van der Waals surface area contributed by atoms with Crippen LogP contribution in [-0.4, -0.2) is 61.6 Å². The number of nitrogens with zero attached hydrogens (tertiary/aromatic N) is 1. The largest absolute Gasteiger partial charge is 0.374 e. The lowest BCUT2D eigenvalue weighted by molar-refractivity contribution is -0.140. The molecule has 0 bridgehead atoms. The maximum absolute atomic E-state index is 11.4. The molecule has 2 fully saturated rings. The van der Waals surface area contributed by atoms with E-state index in [4.69, 9.17) is 4.74 Å². The van der Waals surface area contributed by atoms with Crippen LogP contribution in [0, 0.1) is 0 Å². The number of morpholine rings is 1. The first-order valence-corrected chi connectivity index (χ1v) is 5.57. The Hall–Kier alpha value is -0.980. The van der Waals surface area contributed by atoms with Crippen molar-refractivity contribution in [3.8, 4) is 0 Å². The van der Waals surface area contributed by atoms with E-state index < -0.39 is 0 Å². The zero-order chi connectivity index (χ0) is 11.5. The minimum Gasteiger partial charge on any atom is -0.374 e. The molecule has 0 saturated carbocycles. The highest BCUT2D eigenvalue weighted by Gasteiger charge is 2.32. The minimum atomic E-state index is -0.261. The van der Waals surface area contributed by atoms with Gasteiger partial charge in [0.15, 0.2) is 0 Å². The van der Waals surface area contributed by atoms with Crippen LogP contribution in [0.3, 0.4) is 0 Å². The Bertz CT molecular complexity index is 289. The molecule has 2 saturated heterocycles. The van der Waals surface area contributed by atoms with Gasteiger partial charge in [0.25, 0.3) is 0 Å². The molecule has 6 nitrogen and oxygen atoms in total. The highest BCUT2D eigenvalue weighted by atomic mass is 16.5. The summed E-state index contributed by atoms with van der Waals surface area (Å²) in [5.41, 5.74) is 0. The van der Waals surface area contributed by atoms with Gasteiger partial charge < -0.3 is 10.1 Å². The molecular formula is C10H17N3O3. The van der Waals surface area contributed by atoms with Gasteiger partial charge in [0.05, 0.1) is 25.3 Å². The lowest BCUT2D eigenvalue weighted by atomic mass is 10.1. The predicted molar refractivity (Wildman–Crippen MR) is 56.8 cm³/mol. The Balaban J connectivity index is 1.91. The Morgan fingerprint density at radius 1 is 1.50 bits per heavy atom. The summed E-state index contributed by atoms with van der Waals surface area (Å²) in [5.74, 6) is -0.452. The third-order valence-corrected chi connectivity index (χ3v) is 2.98. The summed E-state index contributed by atoms with van der Waals surface area (Å²) in [5, 5.41) is 5.54. The van der Waals surface area contributed by atoms with Gasteiger partial charge in [0, 0.05) is 19.6 Å². The van der Waals surface area contributed by atoms with E-state index >= 15 is 0 Å². The van der Waals surface area contributed by atoms with Gasteiger partial charge in [0.2, 0.25) is 11.8 Å². The molecule has 2 aliphatic heterocycles. The number of piperazine rings is 1.